The molecule has 0 saturated heterocycles. The summed E-state index contributed by atoms with van der Waals surface area (Å²) in [7, 11) is 0. The third-order valence-electron chi connectivity index (χ3n) is 6.80. The largest absolute Gasteiger partial charge is 0.0619 e. The fraction of sp³-hybridized carbons (Fsp3) is 0.478. The van der Waals surface area contributed by atoms with Crippen molar-refractivity contribution >= 4 is 0 Å². The summed E-state index contributed by atoms with van der Waals surface area (Å²) < 4.78 is 0. The Hall–Kier alpha value is -1.56. The molecule has 2 aromatic rings. The highest BCUT2D eigenvalue weighted by molar-refractivity contribution is 5.84. The minimum atomic E-state index is 0.156. The molecule has 2 aromatic carbocycles. The fourth-order valence-electron chi connectivity index (χ4n) is 6.49. The number of aryl methyl sites for hydroxylation is 2. The van der Waals surface area contributed by atoms with Gasteiger partial charge in [0.05, 0.1) is 0 Å². The van der Waals surface area contributed by atoms with Crippen molar-refractivity contribution in [3.05, 3.63) is 58.7 Å². The molecule has 2 aliphatic rings. The lowest BCUT2D eigenvalue weighted by molar-refractivity contribution is -0.0858. The highest BCUT2D eigenvalue weighted by Crippen LogP contribution is 2.75. The van der Waals surface area contributed by atoms with Crippen molar-refractivity contribution < 1.29 is 0 Å². The molecule has 0 amide bonds. The molecule has 120 valence electrons. The van der Waals surface area contributed by atoms with E-state index in [1.165, 1.54) is 28.7 Å². The highest BCUT2D eigenvalue weighted by atomic mass is 14.7. The molecule has 0 atom stereocenters. The van der Waals surface area contributed by atoms with E-state index in [2.05, 4.69) is 77.9 Å². The van der Waals surface area contributed by atoms with Gasteiger partial charge in [0, 0.05) is 5.41 Å². The number of fused-ring (bicyclic) bond motifs is 5. The number of benzene rings is 2. The molecule has 0 aliphatic heterocycles. The Kier molecular flexibility index (Phi) is 2.80. The first kappa shape index (κ1) is 15.0. The van der Waals surface area contributed by atoms with Crippen LogP contribution in [0.1, 0.15) is 63.3 Å². The molecule has 4 rings (SSSR count). The first-order valence-electron chi connectivity index (χ1n) is 9.00. The summed E-state index contributed by atoms with van der Waals surface area (Å²) in [4.78, 5) is 0. The minimum Gasteiger partial charge on any atom is -0.0619 e. The predicted octanol–water partition coefficient (Wildman–Crippen LogP) is 6.28. The number of hydrogen-bond donors (Lipinski definition) is 0. The van der Waals surface area contributed by atoms with Crippen LogP contribution < -0.4 is 0 Å². The van der Waals surface area contributed by atoms with Gasteiger partial charge in [0.15, 0.2) is 0 Å². The van der Waals surface area contributed by atoms with E-state index in [-0.39, 0.29) is 5.41 Å². The van der Waals surface area contributed by atoms with Gasteiger partial charge in [-0.2, -0.15) is 0 Å². The van der Waals surface area contributed by atoms with Crippen LogP contribution in [0.2, 0.25) is 0 Å². The van der Waals surface area contributed by atoms with Crippen LogP contribution in [0.4, 0.5) is 0 Å². The van der Waals surface area contributed by atoms with Gasteiger partial charge in [0.25, 0.3) is 0 Å². The maximum absolute atomic E-state index is 2.54. The Labute approximate surface area is 140 Å². The highest BCUT2D eigenvalue weighted by Gasteiger charge is 2.69. The molecule has 1 fully saturated rings. The van der Waals surface area contributed by atoms with Gasteiger partial charge < -0.3 is 0 Å². The van der Waals surface area contributed by atoms with Crippen molar-refractivity contribution in [2.75, 3.05) is 0 Å². The van der Waals surface area contributed by atoms with E-state index >= 15 is 0 Å². The Bertz CT molecular complexity index is 791. The lowest BCUT2D eigenvalue weighted by Gasteiger charge is -2.67. The Morgan fingerprint density at radius 3 is 2.13 bits per heavy atom. The van der Waals surface area contributed by atoms with E-state index < -0.39 is 0 Å². The van der Waals surface area contributed by atoms with Crippen LogP contribution >= 0.6 is 0 Å². The van der Waals surface area contributed by atoms with Crippen molar-refractivity contribution in [3.8, 4) is 11.1 Å². The first-order chi connectivity index (χ1) is 10.8. The Morgan fingerprint density at radius 1 is 0.870 bits per heavy atom. The zero-order valence-corrected chi connectivity index (χ0v) is 15.4. The molecule has 0 unspecified atom stereocenters. The molecule has 0 aromatic heterocycles. The molecular weight excluding hydrogens is 276 g/mol. The molecule has 1 saturated carbocycles. The topological polar surface area (TPSA) is 0 Å². The van der Waals surface area contributed by atoms with E-state index in [1.54, 1.807) is 11.1 Å². The lowest BCUT2D eigenvalue weighted by atomic mass is 9.36. The van der Waals surface area contributed by atoms with Gasteiger partial charge >= 0.3 is 0 Å². The molecule has 2 aliphatic carbocycles. The number of hydrogen-bond acceptors (Lipinski definition) is 0. The van der Waals surface area contributed by atoms with Crippen molar-refractivity contribution in [3.63, 3.8) is 0 Å². The normalized spacial score (nSPS) is 21.7. The summed E-state index contributed by atoms with van der Waals surface area (Å²) >= 11 is 0. The first-order valence-corrected chi connectivity index (χ1v) is 9.00. The molecule has 23 heavy (non-hydrogen) atoms. The summed E-state index contributed by atoms with van der Waals surface area (Å²) in [5.41, 5.74) is 9.80. The van der Waals surface area contributed by atoms with Crippen molar-refractivity contribution in [1.82, 2.24) is 0 Å². The van der Waals surface area contributed by atoms with Crippen LogP contribution in [0.5, 0.6) is 0 Å². The van der Waals surface area contributed by atoms with E-state index in [9.17, 15) is 0 Å². The lowest BCUT2D eigenvalue weighted by Crippen LogP contribution is -2.63. The summed E-state index contributed by atoms with van der Waals surface area (Å²) in [6.45, 7) is 14.4. The molecule has 1 spiro atoms. The van der Waals surface area contributed by atoms with Gasteiger partial charge in [-0.1, -0.05) is 71.0 Å². The van der Waals surface area contributed by atoms with Crippen LogP contribution in [0.25, 0.3) is 11.1 Å². The third kappa shape index (κ3) is 1.53. The van der Waals surface area contributed by atoms with Gasteiger partial charge in [0.1, 0.15) is 0 Å². The van der Waals surface area contributed by atoms with Gasteiger partial charge in [-0.25, -0.2) is 0 Å². The van der Waals surface area contributed by atoms with E-state index in [0.29, 0.717) is 10.8 Å². The summed E-state index contributed by atoms with van der Waals surface area (Å²) in [6, 6.07) is 14.1. The minimum absolute atomic E-state index is 0.156. The standard InChI is InChI=1S/C23H28/c1-7-16-13-20-18(12-15(16)2)17-10-8-9-11-19(17)23(20)21(3,4)14-22(23,5)6/h8-13H,7,14H2,1-6H3. The second-order valence-corrected chi connectivity index (χ2v) is 8.92. The van der Waals surface area contributed by atoms with E-state index in [1.807, 2.05) is 0 Å². The SMILES string of the molecule is CCc1cc2c(cc1C)-c1ccccc1C21C(C)(C)CC1(C)C. The Balaban J connectivity index is 2.14. The third-order valence-corrected chi connectivity index (χ3v) is 6.80. The number of rotatable bonds is 1. The summed E-state index contributed by atoms with van der Waals surface area (Å²) in [5.74, 6) is 0. The summed E-state index contributed by atoms with van der Waals surface area (Å²) in [6.07, 6.45) is 2.40. The van der Waals surface area contributed by atoms with Crippen LogP contribution in [-0.4, -0.2) is 0 Å². The molecule has 0 heteroatoms. The monoisotopic (exact) mass is 304 g/mol. The zero-order chi connectivity index (χ0) is 16.6. The van der Waals surface area contributed by atoms with Crippen LogP contribution in [-0.2, 0) is 11.8 Å². The van der Waals surface area contributed by atoms with E-state index in [0.717, 1.165) is 6.42 Å². The maximum Gasteiger partial charge on any atom is 0.0317 e. The maximum atomic E-state index is 2.54. The van der Waals surface area contributed by atoms with Crippen LogP contribution in [0, 0.1) is 17.8 Å². The van der Waals surface area contributed by atoms with Gasteiger partial charge in [-0.3, -0.25) is 0 Å². The average Bonchev–Trinajstić information content (AvgIpc) is 2.78. The van der Waals surface area contributed by atoms with Crippen molar-refractivity contribution in [1.29, 1.82) is 0 Å². The van der Waals surface area contributed by atoms with Crippen molar-refractivity contribution in [2.45, 2.75) is 59.8 Å². The predicted molar refractivity (Wildman–Crippen MR) is 99.0 cm³/mol. The quantitative estimate of drug-likeness (QED) is 0.581. The molecular formula is C23H28. The fourth-order valence-corrected chi connectivity index (χ4v) is 6.49. The molecule has 0 nitrogen and oxygen atoms in total. The second kappa shape index (κ2) is 4.29. The van der Waals surface area contributed by atoms with Gasteiger partial charge in [0.2, 0.25) is 0 Å². The zero-order valence-electron chi connectivity index (χ0n) is 15.4. The van der Waals surface area contributed by atoms with Crippen molar-refractivity contribution in [2.24, 2.45) is 10.8 Å². The average molecular weight is 304 g/mol. The van der Waals surface area contributed by atoms with Gasteiger partial charge in [-0.15, -0.1) is 0 Å². The van der Waals surface area contributed by atoms with E-state index in [4.69, 9.17) is 0 Å². The molecule has 0 radical (unpaired) electrons. The molecule has 0 heterocycles. The van der Waals surface area contributed by atoms with Crippen LogP contribution in [0.3, 0.4) is 0 Å². The summed E-state index contributed by atoms with van der Waals surface area (Å²) in [5, 5.41) is 0. The van der Waals surface area contributed by atoms with Gasteiger partial charge in [-0.05, 0) is 64.0 Å². The smallest absolute Gasteiger partial charge is 0.0317 e. The second-order valence-electron chi connectivity index (χ2n) is 8.92. The molecule has 0 bridgehead atoms. The Morgan fingerprint density at radius 2 is 1.52 bits per heavy atom. The van der Waals surface area contributed by atoms with Crippen LogP contribution in [0.15, 0.2) is 36.4 Å². The molecule has 0 N–H and O–H groups in total.